The summed E-state index contributed by atoms with van der Waals surface area (Å²) >= 11 is 0. The monoisotopic (exact) mass is 205 g/mol. The van der Waals surface area contributed by atoms with Gasteiger partial charge in [0.1, 0.15) is 5.75 Å². The Labute approximate surface area is 92.0 Å². The Morgan fingerprint density at radius 3 is 2.87 bits per heavy atom. The van der Waals surface area contributed by atoms with Crippen LogP contribution in [0.2, 0.25) is 0 Å². The third kappa shape index (κ3) is 4.17. The van der Waals surface area contributed by atoms with Crippen LogP contribution in [0.1, 0.15) is 18.9 Å². The standard InChI is InChI=1S/C13H19NO/c1-3-11-15-13-9-5-4-7-12(13)8-6-10-14-2/h4-9,14H,3,10-11H2,1-2H3/b8-6+. The first-order chi connectivity index (χ1) is 7.38. The SMILES string of the molecule is CCCOc1ccccc1/C=C/CNC. The van der Waals surface area contributed by atoms with Crippen molar-refractivity contribution in [1.82, 2.24) is 5.32 Å². The normalized spacial score (nSPS) is 10.8. The maximum absolute atomic E-state index is 5.65. The summed E-state index contributed by atoms with van der Waals surface area (Å²) in [6.45, 7) is 3.76. The number of hydrogen-bond donors (Lipinski definition) is 1. The van der Waals surface area contributed by atoms with E-state index in [0.29, 0.717) is 0 Å². The Morgan fingerprint density at radius 1 is 1.33 bits per heavy atom. The molecule has 1 aromatic rings. The summed E-state index contributed by atoms with van der Waals surface area (Å²) in [6, 6.07) is 8.10. The van der Waals surface area contributed by atoms with Crippen molar-refractivity contribution in [2.75, 3.05) is 20.2 Å². The van der Waals surface area contributed by atoms with E-state index in [9.17, 15) is 0 Å². The maximum Gasteiger partial charge on any atom is 0.126 e. The molecule has 0 aliphatic carbocycles. The fourth-order valence-electron chi connectivity index (χ4n) is 1.27. The lowest BCUT2D eigenvalue weighted by Gasteiger charge is -2.07. The number of rotatable bonds is 6. The van der Waals surface area contributed by atoms with Crippen molar-refractivity contribution in [3.8, 4) is 5.75 Å². The van der Waals surface area contributed by atoms with Crippen molar-refractivity contribution in [3.05, 3.63) is 35.9 Å². The van der Waals surface area contributed by atoms with Crippen LogP contribution in [0.25, 0.3) is 6.08 Å². The first kappa shape index (κ1) is 11.8. The highest BCUT2D eigenvalue weighted by molar-refractivity contribution is 5.57. The van der Waals surface area contributed by atoms with Gasteiger partial charge in [0.25, 0.3) is 0 Å². The molecule has 0 saturated heterocycles. The Morgan fingerprint density at radius 2 is 2.13 bits per heavy atom. The molecule has 0 bridgehead atoms. The molecule has 82 valence electrons. The predicted octanol–water partition coefficient (Wildman–Crippen LogP) is 2.71. The van der Waals surface area contributed by atoms with E-state index < -0.39 is 0 Å². The van der Waals surface area contributed by atoms with Crippen LogP contribution in [0.3, 0.4) is 0 Å². The van der Waals surface area contributed by atoms with E-state index in [1.807, 2.05) is 25.2 Å². The van der Waals surface area contributed by atoms with Crippen molar-refractivity contribution in [2.45, 2.75) is 13.3 Å². The van der Waals surface area contributed by atoms with E-state index in [1.54, 1.807) is 0 Å². The molecule has 0 aliphatic rings. The summed E-state index contributed by atoms with van der Waals surface area (Å²) in [5.74, 6) is 0.965. The van der Waals surface area contributed by atoms with E-state index in [4.69, 9.17) is 4.74 Å². The molecule has 0 saturated carbocycles. The summed E-state index contributed by atoms with van der Waals surface area (Å²) in [7, 11) is 1.93. The molecule has 0 amide bonds. The second kappa shape index (κ2) is 7.07. The summed E-state index contributed by atoms with van der Waals surface area (Å²) in [5.41, 5.74) is 1.14. The molecular formula is C13H19NO. The molecule has 0 spiro atoms. The molecule has 0 fully saturated rings. The number of ether oxygens (including phenoxy) is 1. The molecule has 15 heavy (non-hydrogen) atoms. The molecule has 0 aliphatic heterocycles. The van der Waals surface area contributed by atoms with Gasteiger partial charge in [-0.1, -0.05) is 37.3 Å². The molecule has 1 rings (SSSR count). The summed E-state index contributed by atoms with van der Waals surface area (Å²) in [6.07, 6.45) is 5.21. The van der Waals surface area contributed by atoms with Gasteiger partial charge in [-0.25, -0.2) is 0 Å². The highest BCUT2D eigenvalue weighted by Crippen LogP contribution is 2.19. The summed E-state index contributed by atoms with van der Waals surface area (Å²) in [5, 5.41) is 3.07. The molecule has 0 atom stereocenters. The Balaban J connectivity index is 2.67. The second-order valence-corrected chi connectivity index (χ2v) is 3.35. The fourth-order valence-corrected chi connectivity index (χ4v) is 1.27. The van der Waals surface area contributed by atoms with Gasteiger partial charge >= 0.3 is 0 Å². The van der Waals surface area contributed by atoms with Crippen LogP contribution < -0.4 is 10.1 Å². The Hall–Kier alpha value is -1.28. The van der Waals surface area contributed by atoms with Crippen LogP contribution in [-0.2, 0) is 0 Å². The third-order valence-corrected chi connectivity index (χ3v) is 2.00. The van der Waals surface area contributed by atoms with Gasteiger partial charge < -0.3 is 10.1 Å². The zero-order valence-corrected chi connectivity index (χ0v) is 9.49. The molecule has 2 nitrogen and oxygen atoms in total. The number of nitrogens with one attached hydrogen (secondary N) is 1. The molecule has 2 heteroatoms. The van der Waals surface area contributed by atoms with Crippen molar-refractivity contribution in [3.63, 3.8) is 0 Å². The average molecular weight is 205 g/mol. The zero-order chi connectivity index (χ0) is 10.9. The smallest absolute Gasteiger partial charge is 0.126 e. The summed E-state index contributed by atoms with van der Waals surface area (Å²) < 4.78 is 5.65. The van der Waals surface area contributed by atoms with Crippen molar-refractivity contribution < 1.29 is 4.74 Å². The van der Waals surface area contributed by atoms with Crippen LogP contribution in [0.15, 0.2) is 30.3 Å². The fraction of sp³-hybridized carbons (Fsp3) is 0.385. The van der Waals surface area contributed by atoms with Gasteiger partial charge in [-0.3, -0.25) is 0 Å². The number of para-hydroxylation sites is 1. The minimum Gasteiger partial charge on any atom is -0.493 e. The van der Waals surface area contributed by atoms with Crippen LogP contribution >= 0.6 is 0 Å². The van der Waals surface area contributed by atoms with Gasteiger partial charge in [-0.15, -0.1) is 0 Å². The number of likely N-dealkylation sites (N-methyl/N-ethyl adjacent to an activating group) is 1. The Bertz CT molecular complexity index is 307. The van der Waals surface area contributed by atoms with E-state index in [0.717, 1.165) is 30.9 Å². The minimum atomic E-state index is 0.775. The quantitative estimate of drug-likeness (QED) is 0.771. The van der Waals surface area contributed by atoms with Gasteiger partial charge in [0.05, 0.1) is 6.61 Å². The number of benzene rings is 1. The molecule has 0 unspecified atom stereocenters. The molecule has 1 N–H and O–H groups in total. The van der Waals surface area contributed by atoms with Gasteiger partial charge in [0, 0.05) is 12.1 Å². The highest BCUT2D eigenvalue weighted by atomic mass is 16.5. The second-order valence-electron chi connectivity index (χ2n) is 3.35. The van der Waals surface area contributed by atoms with E-state index >= 15 is 0 Å². The summed E-state index contributed by atoms with van der Waals surface area (Å²) in [4.78, 5) is 0. The van der Waals surface area contributed by atoms with Crippen LogP contribution in [0.4, 0.5) is 0 Å². The predicted molar refractivity (Wildman–Crippen MR) is 65.2 cm³/mol. The number of hydrogen-bond acceptors (Lipinski definition) is 2. The minimum absolute atomic E-state index is 0.775. The highest BCUT2D eigenvalue weighted by Gasteiger charge is 1.97. The first-order valence-corrected chi connectivity index (χ1v) is 5.41. The van der Waals surface area contributed by atoms with Crippen LogP contribution in [0.5, 0.6) is 5.75 Å². The van der Waals surface area contributed by atoms with Gasteiger partial charge in [-0.05, 0) is 19.5 Å². The largest absolute Gasteiger partial charge is 0.493 e. The molecule has 0 heterocycles. The lowest BCUT2D eigenvalue weighted by molar-refractivity contribution is 0.317. The maximum atomic E-state index is 5.65. The van der Waals surface area contributed by atoms with Gasteiger partial charge in [0.15, 0.2) is 0 Å². The third-order valence-electron chi connectivity index (χ3n) is 2.00. The topological polar surface area (TPSA) is 21.3 Å². The van der Waals surface area contributed by atoms with Crippen LogP contribution in [0, 0.1) is 0 Å². The molecular weight excluding hydrogens is 186 g/mol. The van der Waals surface area contributed by atoms with Crippen LogP contribution in [-0.4, -0.2) is 20.2 Å². The molecule has 0 radical (unpaired) electrons. The Kier molecular flexibility index (Phi) is 5.56. The van der Waals surface area contributed by atoms with Gasteiger partial charge in [-0.2, -0.15) is 0 Å². The zero-order valence-electron chi connectivity index (χ0n) is 9.49. The lowest BCUT2D eigenvalue weighted by Crippen LogP contribution is -2.03. The first-order valence-electron chi connectivity index (χ1n) is 5.41. The van der Waals surface area contributed by atoms with E-state index in [-0.39, 0.29) is 0 Å². The van der Waals surface area contributed by atoms with Crippen molar-refractivity contribution >= 4 is 6.08 Å². The van der Waals surface area contributed by atoms with E-state index in [2.05, 4.69) is 30.5 Å². The van der Waals surface area contributed by atoms with Gasteiger partial charge in [0.2, 0.25) is 0 Å². The molecule has 0 aromatic heterocycles. The molecule has 1 aromatic carbocycles. The van der Waals surface area contributed by atoms with E-state index in [1.165, 1.54) is 0 Å². The van der Waals surface area contributed by atoms with Crippen molar-refractivity contribution in [2.24, 2.45) is 0 Å². The average Bonchev–Trinajstić information content (AvgIpc) is 2.28. The lowest BCUT2D eigenvalue weighted by atomic mass is 10.2. The van der Waals surface area contributed by atoms with Crippen molar-refractivity contribution in [1.29, 1.82) is 0 Å².